The van der Waals surface area contributed by atoms with E-state index in [0.717, 1.165) is 12.8 Å². The Bertz CT molecular complexity index is 641. The van der Waals surface area contributed by atoms with E-state index in [1.165, 1.54) is 19.1 Å². The molecular weight excluding hydrogens is 324 g/mol. The molecule has 0 bridgehead atoms. The second-order valence-corrected chi connectivity index (χ2v) is 6.39. The molecule has 1 aliphatic rings. The molecule has 1 heterocycles. The average Bonchev–Trinajstić information content (AvgIpc) is 2.60. The molecule has 0 unspecified atom stereocenters. The molecule has 25 heavy (non-hydrogen) atoms. The van der Waals surface area contributed by atoms with E-state index in [-0.39, 0.29) is 23.7 Å². The van der Waals surface area contributed by atoms with Gasteiger partial charge in [-0.2, -0.15) is 0 Å². The van der Waals surface area contributed by atoms with Crippen LogP contribution in [-0.4, -0.2) is 41.4 Å². The molecule has 8 nitrogen and oxygen atoms in total. The first-order valence-corrected chi connectivity index (χ1v) is 8.41. The molecule has 8 heteroatoms. The molecule has 1 aromatic rings. The third-order valence-corrected chi connectivity index (χ3v) is 4.46. The number of carbonyl (C=O) groups is 2. The van der Waals surface area contributed by atoms with Crippen molar-refractivity contribution in [2.75, 3.05) is 19.6 Å². The van der Waals surface area contributed by atoms with E-state index in [1.807, 2.05) is 0 Å². The van der Waals surface area contributed by atoms with Gasteiger partial charge in [-0.3, -0.25) is 14.9 Å². The Labute approximate surface area is 146 Å². The minimum atomic E-state index is -0.447. The van der Waals surface area contributed by atoms with E-state index < -0.39 is 4.92 Å². The number of likely N-dealkylation sites (tertiary alicyclic amines) is 1. The van der Waals surface area contributed by atoms with Crippen LogP contribution in [0.1, 0.15) is 38.3 Å². The number of nitrogens with one attached hydrogen (secondary N) is 2. The number of carbonyl (C=O) groups excluding carboxylic acids is 2. The van der Waals surface area contributed by atoms with Gasteiger partial charge in [0, 0.05) is 38.7 Å². The molecule has 0 aliphatic carbocycles. The van der Waals surface area contributed by atoms with Crippen molar-refractivity contribution in [2.24, 2.45) is 5.92 Å². The SMILES string of the molecule is CC(=O)NCC1CCN(C(=O)N[C@H](C)c2cccc([N+](=O)[O-])c2)CC1. The maximum Gasteiger partial charge on any atom is 0.317 e. The van der Waals surface area contributed by atoms with E-state index in [2.05, 4.69) is 10.6 Å². The highest BCUT2D eigenvalue weighted by Crippen LogP contribution is 2.20. The molecule has 1 aromatic carbocycles. The first-order chi connectivity index (χ1) is 11.9. The number of benzene rings is 1. The van der Waals surface area contributed by atoms with Crippen molar-refractivity contribution in [1.29, 1.82) is 0 Å². The molecule has 2 rings (SSSR count). The Balaban J connectivity index is 1.85. The zero-order valence-electron chi connectivity index (χ0n) is 14.5. The number of nitro benzene ring substituents is 1. The summed E-state index contributed by atoms with van der Waals surface area (Å²) in [5.74, 6) is 0.355. The molecule has 0 spiro atoms. The van der Waals surface area contributed by atoms with Gasteiger partial charge >= 0.3 is 6.03 Å². The lowest BCUT2D eigenvalue weighted by molar-refractivity contribution is -0.384. The van der Waals surface area contributed by atoms with Crippen LogP contribution >= 0.6 is 0 Å². The van der Waals surface area contributed by atoms with Gasteiger partial charge in [0.25, 0.3) is 5.69 Å². The third-order valence-electron chi connectivity index (χ3n) is 4.46. The van der Waals surface area contributed by atoms with Gasteiger partial charge in [0.05, 0.1) is 11.0 Å². The van der Waals surface area contributed by atoms with Gasteiger partial charge in [0.2, 0.25) is 5.91 Å². The number of non-ortho nitro benzene ring substituents is 1. The molecule has 1 fully saturated rings. The summed E-state index contributed by atoms with van der Waals surface area (Å²) in [6.45, 7) is 5.22. The van der Waals surface area contributed by atoms with Crippen molar-refractivity contribution in [1.82, 2.24) is 15.5 Å². The van der Waals surface area contributed by atoms with Crippen LogP contribution in [0.5, 0.6) is 0 Å². The van der Waals surface area contributed by atoms with Crippen molar-refractivity contribution in [3.05, 3.63) is 39.9 Å². The Hall–Kier alpha value is -2.64. The lowest BCUT2D eigenvalue weighted by Gasteiger charge is -2.33. The maximum absolute atomic E-state index is 12.4. The summed E-state index contributed by atoms with van der Waals surface area (Å²) in [7, 11) is 0. The molecule has 2 N–H and O–H groups in total. The third kappa shape index (κ3) is 5.44. The van der Waals surface area contributed by atoms with Crippen molar-refractivity contribution < 1.29 is 14.5 Å². The van der Waals surface area contributed by atoms with E-state index >= 15 is 0 Å². The molecule has 3 amide bonds. The average molecular weight is 348 g/mol. The molecule has 0 radical (unpaired) electrons. The lowest BCUT2D eigenvalue weighted by atomic mass is 9.97. The Morgan fingerprint density at radius 3 is 2.64 bits per heavy atom. The van der Waals surface area contributed by atoms with Crippen molar-refractivity contribution in [3.8, 4) is 0 Å². The predicted octanol–water partition coefficient (Wildman–Crippen LogP) is 2.21. The second-order valence-electron chi connectivity index (χ2n) is 6.39. The monoisotopic (exact) mass is 348 g/mol. The molecule has 0 saturated carbocycles. The number of amides is 3. The topological polar surface area (TPSA) is 105 Å². The largest absolute Gasteiger partial charge is 0.356 e. The van der Waals surface area contributed by atoms with Gasteiger partial charge < -0.3 is 15.5 Å². The van der Waals surface area contributed by atoms with Gasteiger partial charge in [0.15, 0.2) is 0 Å². The molecule has 1 saturated heterocycles. The van der Waals surface area contributed by atoms with Gasteiger partial charge in [-0.15, -0.1) is 0 Å². The molecule has 0 aromatic heterocycles. The maximum atomic E-state index is 12.4. The van der Waals surface area contributed by atoms with Crippen molar-refractivity contribution >= 4 is 17.6 Å². The summed E-state index contributed by atoms with van der Waals surface area (Å²) in [4.78, 5) is 35.5. The van der Waals surface area contributed by atoms with E-state index in [0.29, 0.717) is 31.1 Å². The van der Waals surface area contributed by atoms with Gasteiger partial charge in [0.1, 0.15) is 0 Å². The van der Waals surface area contributed by atoms with Crippen LogP contribution in [0, 0.1) is 16.0 Å². The van der Waals surface area contributed by atoms with Crippen LogP contribution < -0.4 is 10.6 Å². The number of piperidine rings is 1. The number of hydrogen-bond acceptors (Lipinski definition) is 4. The Morgan fingerprint density at radius 1 is 1.36 bits per heavy atom. The minimum Gasteiger partial charge on any atom is -0.356 e. The standard InChI is InChI=1S/C17H24N4O4/c1-12(15-4-3-5-16(10-15)21(24)25)19-17(23)20-8-6-14(7-9-20)11-18-13(2)22/h3-5,10,12,14H,6-9,11H2,1-2H3,(H,18,22)(H,19,23)/t12-/m1/s1. The lowest BCUT2D eigenvalue weighted by Crippen LogP contribution is -2.46. The summed E-state index contributed by atoms with van der Waals surface area (Å²) in [6, 6.07) is 5.80. The molecular formula is C17H24N4O4. The number of rotatable bonds is 5. The quantitative estimate of drug-likeness (QED) is 0.629. The summed E-state index contributed by atoms with van der Waals surface area (Å²) in [5.41, 5.74) is 0.709. The summed E-state index contributed by atoms with van der Waals surface area (Å²) < 4.78 is 0. The van der Waals surface area contributed by atoms with Crippen molar-refractivity contribution in [3.63, 3.8) is 0 Å². The van der Waals surface area contributed by atoms with Crippen LogP contribution in [0.4, 0.5) is 10.5 Å². The first-order valence-electron chi connectivity index (χ1n) is 8.41. The molecule has 1 aliphatic heterocycles. The second kappa shape index (κ2) is 8.46. The predicted molar refractivity (Wildman–Crippen MR) is 93.0 cm³/mol. The number of nitrogens with zero attached hydrogens (tertiary/aromatic N) is 2. The first kappa shape index (κ1) is 18.7. The summed E-state index contributed by atoms with van der Waals surface area (Å²) in [5, 5.41) is 16.6. The summed E-state index contributed by atoms with van der Waals surface area (Å²) >= 11 is 0. The van der Waals surface area contributed by atoms with E-state index in [1.54, 1.807) is 24.0 Å². The highest BCUT2D eigenvalue weighted by molar-refractivity contribution is 5.75. The fraction of sp³-hybridized carbons (Fsp3) is 0.529. The smallest absolute Gasteiger partial charge is 0.317 e. The van der Waals surface area contributed by atoms with Gasteiger partial charge in [-0.25, -0.2) is 4.79 Å². The van der Waals surface area contributed by atoms with Gasteiger partial charge in [-0.1, -0.05) is 12.1 Å². The number of nitro groups is 1. The minimum absolute atomic E-state index is 0.0115. The Kier molecular flexibility index (Phi) is 6.32. The zero-order valence-corrected chi connectivity index (χ0v) is 14.5. The molecule has 136 valence electrons. The van der Waals surface area contributed by atoms with Crippen LogP contribution in [-0.2, 0) is 4.79 Å². The fourth-order valence-corrected chi connectivity index (χ4v) is 2.90. The highest BCUT2D eigenvalue weighted by atomic mass is 16.6. The fourth-order valence-electron chi connectivity index (χ4n) is 2.90. The van der Waals surface area contributed by atoms with Crippen LogP contribution in [0.2, 0.25) is 0 Å². The van der Waals surface area contributed by atoms with E-state index in [9.17, 15) is 19.7 Å². The number of urea groups is 1. The molecule has 1 atom stereocenters. The normalized spacial score (nSPS) is 16.2. The summed E-state index contributed by atoms with van der Waals surface area (Å²) in [6.07, 6.45) is 1.69. The highest BCUT2D eigenvalue weighted by Gasteiger charge is 2.24. The zero-order chi connectivity index (χ0) is 18.4. The Morgan fingerprint density at radius 2 is 2.04 bits per heavy atom. The van der Waals surface area contributed by atoms with Crippen LogP contribution in [0.15, 0.2) is 24.3 Å². The van der Waals surface area contributed by atoms with Crippen LogP contribution in [0.25, 0.3) is 0 Å². The van der Waals surface area contributed by atoms with Crippen molar-refractivity contribution in [2.45, 2.75) is 32.7 Å². The van der Waals surface area contributed by atoms with Crippen LogP contribution in [0.3, 0.4) is 0 Å². The van der Waals surface area contributed by atoms with E-state index in [4.69, 9.17) is 0 Å². The van der Waals surface area contributed by atoms with Gasteiger partial charge in [-0.05, 0) is 31.2 Å². The number of hydrogen-bond donors (Lipinski definition) is 2.